The van der Waals surface area contributed by atoms with E-state index in [1.165, 1.54) is 6.07 Å². The summed E-state index contributed by atoms with van der Waals surface area (Å²) in [6, 6.07) is 2.92. The fourth-order valence-electron chi connectivity index (χ4n) is 1.20. The van der Waals surface area contributed by atoms with Crippen molar-refractivity contribution in [2.45, 2.75) is 19.0 Å². The fourth-order valence-corrected chi connectivity index (χ4v) is 1.20. The number of hydrogen-bond donors (Lipinski definition) is 2. The first-order valence-corrected chi connectivity index (χ1v) is 5.07. The highest BCUT2D eigenvalue weighted by molar-refractivity contribution is 5.78. The van der Waals surface area contributed by atoms with Gasteiger partial charge < -0.3 is 10.4 Å². The lowest BCUT2D eigenvalue weighted by atomic mass is 10.1. The van der Waals surface area contributed by atoms with Gasteiger partial charge in [0.1, 0.15) is 6.10 Å². The molecule has 18 heavy (non-hydrogen) atoms. The van der Waals surface area contributed by atoms with E-state index < -0.39 is 36.6 Å². The van der Waals surface area contributed by atoms with Crippen LogP contribution in [-0.2, 0) is 11.2 Å². The van der Waals surface area contributed by atoms with Crippen molar-refractivity contribution in [1.29, 1.82) is 0 Å². The van der Waals surface area contributed by atoms with Gasteiger partial charge in [-0.25, -0.2) is 17.6 Å². The number of alkyl halides is 2. The minimum absolute atomic E-state index is 0.206. The van der Waals surface area contributed by atoms with Crippen molar-refractivity contribution in [3.8, 4) is 0 Å². The second-order valence-corrected chi connectivity index (χ2v) is 3.63. The van der Waals surface area contributed by atoms with Crippen LogP contribution >= 0.6 is 0 Å². The number of rotatable bonds is 5. The number of benzene rings is 1. The Labute approximate surface area is 100 Å². The molecule has 1 aromatic carbocycles. The standard InChI is InChI=1S/C11H11F4NO2/c12-7-2-1-6(3-8(7)13)4-10(18)16-5-9(17)11(14)15/h1-3,9,11,17H,4-5H2,(H,16,18). The van der Waals surface area contributed by atoms with Crippen LogP contribution in [0.25, 0.3) is 0 Å². The zero-order chi connectivity index (χ0) is 13.7. The highest BCUT2D eigenvalue weighted by Crippen LogP contribution is 2.09. The largest absolute Gasteiger partial charge is 0.385 e. The van der Waals surface area contributed by atoms with E-state index in [-0.39, 0.29) is 12.0 Å². The van der Waals surface area contributed by atoms with Crippen LogP contribution < -0.4 is 5.32 Å². The molecule has 7 heteroatoms. The number of nitrogens with one attached hydrogen (secondary N) is 1. The van der Waals surface area contributed by atoms with Gasteiger partial charge in [0, 0.05) is 6.54 Å². The van der Waals surface area contributed by atoms with Crippen LogP contribution in [0.2, 0.25) is 0 Å². The summed E-state index contributed by atoms with van der Waals surface area (Å²) in [6.45, 7) is -0.597. The lowest BCUT2D eigenvalue weighted by Gasteiger charge is -2.10. The van der Waals surface area contributed by atoms with E-state index in [1.54, 1.807) is 0 Å². The highest BCUT2D eigenvalue weighted by Gasteiger charge is 2.17. The Hall–Kier alpha value is -1.63. The lowest BCUT2D eigenvalue weighted by Crippen LogP contribution is -2.36. The van der Waals surface area contributed by atoms with E-state index in [9.17, 15) is 22.4 Å². The number of carbonyl (C=O) groups excluding carboxylic acids is 1. The monoisotopic (exact) mass is 265 g/mol. The molecule has 0 bridgehead atoms. The molecule has 1 aromatic rings. The van der Waals surface area contributed by atoms with Crippen LogP contribution in [-0.4, -0.2) is 30.1 Å². The summed E-state index contributed by atoms with van der Waals surface area (Å²) in [4.78, 5) is 11.3. The summed E-state index contributed by atoms with van der Waals surface area (Å²) in [5.41, 5.74) is 0.206. The van der Waals surface area contributed by atoms with Gasteiger partial charge in [-0.05, 0) is 17.7 Å². The SMILES string of the molecule is O=C(Cc1ccc(F)c(F)c1)NCC(O)C(F)F. The second kappa shape index (κ2) is 6.34. The third kappa shape index (κ3) is 4.33. The average molecular weight is 265 g/mol. The van der Waals surface area contributed by atoms with E-state index in [1.807, 2.05) is 0 Å². The van der Waals surface area contributed by atoms with Gasteiger partial charge >= 0.3 is 0 Å². The van der Waals surface area contributed by atoms with E-state index in [0.717, 1.165) is 12.1 Å². The first-order valence-electron chi connectivity index (χ1n) is 5.07. The molecule has 0 spiro atoms. The van der Waals surface area contributed by atoms with Gasteiger partial charge in [0.25, 0.3) is 6.43 Å². The Morgan fingerprint density at radius 1 is 1.28 bits per heavy atom. The molecule has 1 unspecified atom stereocenters. The van der Waals surface area contributed by atoms with Gasteiger partial charge in [0.15, 0.2) is 11.6 Å². The van der Waals surface area contributed by atoms with Crippen LogP contribution in [0.15, 0.2) is 18.2 Å². The smallest absolute Gasteiger partial charge is 0.265 e. The molecule has 0 aliphatic carbocycles. The molecule has 1 atom stereocenters. The third-order valence-corrected chi connectivity index (χ3v) is 2.15. The molecule has 2 N–H and O–H groups in total. The van der Waals surface area contributed by atoms with E-state index in [2.05, 4.69) is 5.32 Å². The van der Waals surface area contributed by atoms with E-state index in [4.69, 9.17) is 5.11 Å². The number of aliphatic hydroxyl groups excluding tert-OH is 1. The van der Waals surface area contributed by atoms with Crippen LogP contribution in [0, 0.1) is 11.6 Å². The lowest BCUT2D eigenvalue weighted by molar-refractivity contribution is -0.121. The maximum atomic E-state index is 12.8. The van der Waals surface area contributed by atoms with E-state index >= 15 is 0 Å². The topological polar surface area (TPSA) is 49.3 Å². The van der Waals surface area contributed by atoms with Crippen molar-refractivity contribution in [3.63, 3.8) is 0 Å². The number of hydrogen-bond acceptors (Lipinski definition) is 2. The Balaban J connectivity index is 2.47. The highest BCUT2D eigenvalue weighted by atomic mass is 19.3. The summed E-state index contributed by atoms with van der Waals surface area (Å²) >= 11 is 0. The minimum atomic E-state index is -2.95. The Kier molecular flexibility index (Phi) is 5.08. The molecule has 0 aromatic heterocycles. The summed E-state index contributed by atoms with van der Waals surface area (Å²) in [5, 5.41) is 10.8. The summed E-state index contributed by atoms with van der Waals surface area (Å²) in [7, 11) is 0. The van der Waals surface area contributed by atoms with Gasteiger partial charge in [0.2, 0.25) is 5.91 Å². The molecular weight excluding hydrogens is 254 g/mol. The van der Waals surface area contributed by atoms with Gasteiger partial charge in [0.05, 0.1) is 6.42 Å². The first kappa shape index (κ1) is 14.4. The summed E-state index contributed by atoms with van der Waals surface area (Å²) in [5.74, 6) is -2.79. The fraction of sp³-hybridized carbons (Fsp3) is 0.364. The van der Waals surface area contributed by atoms with Crippen LogP contribution in [0.4, 0.5) is 17.6 Å². The molecule has 0 heterocycles. The number of halogens is 4. The van der Waals surface area contributed by atoms with Crippen molar-refractivity contribution in [2.75, 3.05) is 6.54 Å². The molecule has 1 amide bonds. The van der Waals surface area contributed by atoms with E-state index in [0.29, 0.717) is 0 Å². The number of aliphatic hydroxyl groups is 1. The van der Waals surface area contributed by atoms with Crippen LogP contribution in [0.1, 0.15) is 5.56 Å². The van der Waals surface area contributed by atoms with Gasteiger partial charge in [-0.2, -0.15) is 0 Å². The predicted octanol–water partition coefficient (Wildman–Crippen LogP) is 1.25. The maximum Gasteiger partial charge on any atom is 0.265 e. The zero-order valence-electron chi connectivity index (χ0n) is 9.17. The molecule has 0 saturated carbocycles. The van der Waals surface area contributed by atoms with Crippen LogP contribution in [0.5, 0.6) is 0 Å². The summed E-state index contributed by atoms with van der Waals surface area (Å²) in [6.07, 6.45) is -5.18. The maximum absolute atomic E-state index is 12.8. The molecule has 1 rings (SSSR count). The Morgan fingerprint density at radius 2 is 1.94 bits per heavy atom. The third-order valence-electron chi connectivity index (χ3n) is 2.15. The first-order chi connectivity index (χ1) is 8.40. The average Bonchev–Trinajstić information content (AvgIpc) is 2.30. The zero-order valence-corrected chi connectivity index (χ0v) is 9.17. The van der Waals surface area contributed by atoms with Crippen molar-refractivity contribution < 1.29 is 27.5 Å². The number of amides is 1. The molecule has 0 saturated heterocycles. The second-order valence-electron chi connectivity index (χ2n) is 3.63. The quantitative estimate of drug-likeness (QED) is 0.787. The Morgan fingerprint density at radius 3 is 2.50 bits per heavy atom. The van der Waals surface area contributed by atoms with Gasteiger partial charge in [-0.3, -0.25) is 4.79 Å². The Bertz CT molecular complexity index is 426. The number of carbonyl (C=O) groups is 1. The van der Waals surface area contributed by atoms with Crippen LogP contribution in [0.3, 0.4) is 0 Å². The van der Waals surface area contributed by atoms with Gasteiger partial charge in [-0.15, -0.1) is 0 Å². The minimum Gasteiger partial charge on any atom is -0.385 e. The van der Waals surface area contributed by atoms with Crippen molar-refractivity contribution in [2.24, 2.45) is 0 Å². The van der Waals surface area contributed by atoms with Crippen molar-refractivity contribution in [1.82, 2.24) is 5.32 Å². The molecule has 0 radical (unpaired) electrons. The molecule has 0 fully saturated rings. The van der Waals surface area contributed by atoms with Crippen molar-refractivity contribution in [3.05, 3.63) is 35.4 Å². The summed E-state index contributed by atoms with van der Waals surface area (Å²) < 4.78 is 49.2. The molecule has 0 aliphatic rings. The molecular formula is C11H11F4NO2. The predicted molar refractivity (Wildman–Crippen MR) is 55.1 cm³/mol. The molecule has 0 aliphatic heterocycles. The van der Waals surface area contributed by atoms with Crippen molar-refractivity contribution >= 4 is 5.91 Å². The molecule has 100 valence electrons. The molecule has 3 nitrogen and oxygen atoms in total. The van der Waals surface area contributed by atoms with Gasteiger partial charge in [-0.1, -0.05) is 6.07 Å². The normalized spacial score (nSPS) is 12.6.